The lowest BCUT2D eigenvalue weighted by Gasteiger charge is -2.18. The maximum absolute atomic E-state index is 3.42. The van der Waals surface area contributed by atoms with Gasteiger partial charge < -0.3 is 0 Å². The van der Waals surface area contributed by atoms with Crippen molar-refractivity contribution in [2.75, 3.05) is 7.05 Å². The maximum Gasteiger partial charge on any atom is 0.0381 e. The average molecular weight is 176 g/mol. The molecule has 1 N–H and O–H groups in total. The first kappa shape index (κ1) is 8.73. The van der Waals surface area contributed by atoms with Gasteiger partial charge in [0.25, 0.3) is 0 Å². The summed E-state index contributed by atoms with van der Waals surface area (Å²) in [6.07, 6.45) is 1.13. The summed E-state index contributed by atoms with van der Waals surface area (Å²) in [6, 6.07) is 9.21. The van der Waals surface area contributed by atoms with Gasteiger partial charge in [0.15, 0.2) is 0 Å². The number of nitrogens with zero attached hydrogens (tertiary/aromatic N) is 1. The molecule has 1 heterocycles. The number of hydrogen-bond acceptors (Lipinski definition) is 2. The molecule has 70 valence electrons. The van der Waals surface area contributed by atoms with Crippen LogP contribution in [0.3, 0.4) is 0 Å². The van der Waals surface area contributed by atoms with E-state index < -0.39 is 0 Å². The normalized spacial score (nSPS) is 23.7. The summed E-state index contributed by atoms with van der Waals surface area (Å²) in [5.41, 5.74) is 6.35. The highest BCUT2D eigenvalue weighted by molar-refractivity contribution is 5.28. The Bertz CT molecular complexity index is 267. The molecule has 1 aliphatic heterocycles. The third kappa shape index (κ3) is 1.90. The van der Waals surface area contributed by atoms with Crippen molar-refractivity contribution in [2.45, 2.75) is 25.9 Å². The molecule has 0 saturated carbocycles. The molecule has 0 spiro atoms. The van der Waals surface area contributed by atoms with Crippen LogP contribution in [0.25, 0.3) is 0 Å². The molecule has 2 heteroatoms. The standard InChI is InChI=1S/C11H16N2/c1-9-7-10-5-3-4-6-11(10)8-13(2)12-9/h3-6,9,12H,7-8H2,1-2H3. The lowest BCUT2D eigenvalue weighted by Crippen LogP contribution is -2.39. The molecule has 2 rings (SSSR count). The zero-order valence-corrected chi connectivity index (χ0v) is 8.25. The monoisotopic (exact) mass is 176 g/mol. The van der Waals surface area contributed by atoms with Crippen LogP contribution in [0, 0.1) is 0 Å². The number of fused-ring (bicyclic) bond motifs is 1. The molecule has 0 saturated heterocycles. The van der Waals surface area contributed by atoms with Crippen molar-refractivity contribution in [2.24, 2.45) is 0 Å². The SMILES string of the molecule is CC1Cc2ccccc2CN(C)N1. The lowest BCUT2D eigenvalue weighted by atomic mass is 10.0. The smallest absolute Gasteiger partial charge is 0.0381 e. The van der Waals surface area contributed by atoms with E-state index in [0.717, 1.165) is 13.0 Å². The molecule has 1 aromatic carbocycles. The van der Waals surface area contributed by atoms with Gasteiger partial charge in [0.1, 0.15) is 0 Å². The van der Waals surface area contributed by atoms with E-state index in [4.69, 9.17) is 0 Å². The Labute approximate surface area is 79.5 Å². The first-order valence-corrected chi connectivity index (χ1v) is 4.80. The Hall–Kier alpha value is -0.860. The molecule has 1 atom stereocenters. The molecule has 2 nitrogen and oxygen atoms in total. The van der Waals surface area contributed by atoms with E-state index in [0.29, 0.717) is 6.04 Å². The van der Waals surface area contributed by atoms with Crippen LogP contribution in [0.2, 0.25) is 0 Å². The fraction of sp³-hybridized carbons (Fsp3) is 0.455. The van der Waals surface area contributed by atoms with Crippen LogP contribution in [0.5, 0.6) is 0 Å². The maximum atomic E-state index is 3.42. The third-order valence-electron chi connectivity index (χ3n) is 2.49. The zero-order chi connectivity index (χ0) is 9.26. The summed E-state index contributed by atoms with van der Waals surface area (Å²) in [7, 11) is 2.10. The minimum atomic E-state index is 0.536. The van der Waals surface area contributed by atoms with Gasteiger partial charge in [-0.2, -0.15) is 0 Å². The van der Waals surface area contributed by atoms with Gasteiger partial charge in [0.05, 0.1) is 0 Å². The van der Waals surface area contributed by atoms with E-state index in [9.17, 15) is 0 Å². The first-order valence-electron chi connectivity index (χ1n) is 4.80. The molecular weight excluding hydrogens is 160 g/mol. The van der Waals surface area contributed by atoms with Crippen LogP contribution in [-0.4, -0.2) is 18.1 Å². The van der Waals surface area contributed by atoms with E-state index in [1.165, 1.54) is 11.1 Å². The highest BCUT2D eigenvalue weighted by atomic mass is 15.5. The summed E-state index contributed by atoms with van der Waals surface area (Å²) in [5, 5.41) is 2.16. The predicted octanol–water partition coefficient (Wildman–Crippen LogP) is 1.57. The van der Waals surface area contributed by atoms with Crippen molar-refractivity contribution in [1.29, 1.82) is 0 Å². The highest BCUT2D eigenvalue weighted by Gasteiger charge is 2.14. The minimum Gasteiger partial charge on any atom is -0.252 e. The summed E-state index contributed by atoms with van der Waals surface area (Å²) >= 11 is 0. The second-order valence-electron chi connectivity index (χ2n) is 3.86. The van der Waals surface area contributed by atoms with Crippen molar-refractivity contribution >= 4 is 0 Å². The van der Waals surface area contributed by atoms with Crippen molar-refractivity contribution in [1.82, 2.24) is 10.4 Å². The Morgan fingerprint density at radius 1 is 1.31 bits per heavy atom. The second-order valence-corrected chi connectivity index (χ2v) is 3.86. The Kier molecular flexibility index (Phi) is 2.34. The van der Waals surface area contributed by atoms with E-state index in [2.05, 4.69) is 48.7 Å². The summed E-state index contributed by atoms with van der Waals surface area (Å²) in [4.78, 5) is 0. The van der Waals surface area contributed by atoms with Crippen LogP contribution >= 0.6 is 0 Å². The van der Waals surface area contributed by atoms with Crippen molar-refractivity contribution in [3.05, 3.63) is 35.4 Å². The Morgan fingerprint density at radius 2 is 2.00 bits per heavy atom. The number of hydrogen-bond donors (Lipinski definition) is 1. The fourth-order valence-electron chi connectivity index (χ4n) is 1.96. The number of benzene rings is 1. The predicted molar refractivity (Wildman–Crippen MR) is 54.2 cm³/mol. The second kappa shape index (κ2) is 3.48. The number of nitrogens with one attached hydrogen (secondary N) is 1. The van der Waals surface area contributed by atoms with Crippen LogP contribution in [0.4, 0.5) is 0 Å². The summed E-state index contributed by atoms with van der Waals surface area (Å²) < 4.78 is 0. The number of rotatable bonds is 0. The fourth-order valence-corrected chi connectivity index (χ4v) is 1.96. The van der Waals surface area contributed by atoms with Crippen molar-refractivity contribution in [3.8, 4) is 0 Å². The minimum absolute atomic E-state index is 0.536. The zero-order valence-electron chi connectivity index (χ0n) is 8.25. The molecule has 1 aliphatic rings. The Morgan fingerprint density at radius 3 is 2.77 bits per heavy atom. The van der Waals surface area contributed by atoms with Crippen molar-refractivity contribution in [3.63, 3.8) is 0 Å². The van der Waals surface area contributed by atoms with Crippen LogP contribution in [0.15, 0.2) is 24.3 Å². The average Bonchev–Trinajstić information content (AvgIpc) is 2.20. The molecule has 1 unspecified atom stereocenters. The van der Waals surface area contributed by atoms with E-state index in [-0.39, 0.29) is 0 Å². The molecule has 13 heavy (non-hydrogen) atoms. The van der Waals surface area contributed by atoms with E-state index >= 15 is 0 Å². The molecular formula is C11H16N2. The highest BCUT2D eigenvalue weighted by Crippen LogP contribution is 2.15. The van der Waals surface area contributed by atoms with E-state index in [1.807, 2.05) is 0 Å². The molecule has 1 aromatic rings. The summed E-state index contributed by atoms with van der Waals surface area (Å²) in [6.45, 7) is 3.22. The van der Waals surface area contributed by atoms with E-state index in [1.54, 1.807) is 0 Å². The van der Waals surface area contributed by atoms with Crippen LogP contribution in [-0.2, 0) is 13.0 Å². The van der Waals surface area contributed by atoms with Gasteiger partial charge in [0, 0.05) is 19.6 Å². The quantitative estimate of drug-likeness (QED) is 0.645. The topological polar surface area (TPSA) is 15.3 Å². The molecule has 0 aliphatic carbocycles. The van der Waals surface area contributed by atoms with Crippen molar-refractivity contribution < 1.29 is 0 Å². The van der Waals surface area contributed by atoms with Crippen LogP contribution in [0.1, 0.15) is 18.1 Å². The van der Waals surface area contributed by atoms with Gasteiger partial charge in [-0.25, -0.2) is 5.01 Å². The molecule has 0 radical (unpaired) electrons. The molecule has 0 amide bonds. The summed E-state index contributed by atoms with van der Waals surface area (Å²) in [5.74, 6) is 0. The van der Waals surface area contributed by atoms with Gasteiger partial charge in [-0.1, -0.05) is 24.3 Å². The van der Waals surface area contributed by atoms with Gasteiger partial charge in [-0.15, -0.1) is 0 Å². The molecule has 0 fully saturated rings. The third-order valence-corrected chi connectivity index (χ3v) is 2.49. The van der Waals surface area contributed by atoms with Crippen LogP contribution < -0.4 is 5.43 Å². The molecule has 0 bridgehead atoms. The largest absolute Gasteiger partial charge is 0.252 e. The van der Waals surface area contributed by atoms with Gasteiger partial charge in [-0.05, 0) is 24.5 Å². The van der Waals surface area contributed by atoms with Gasteiger partial charge in [0.2, 0.25) is 0 Å². The van der Waals surface area contributed by atoms with Gasteiger partial charge in [-0.3, -0.25) is 5.43 Å². The Balaban J connectivity index is 2.32. The lowest BCUT2D eigenvalue weighted by molar-refractivity contribution is 0.204. The number of hydrazine groups is 1. The first-order chi connectivity index (χ1) is 6.25. The van der Waals surface area contributed by atoms with Gasteiger partial charge >= 0.3 is 0 Å². The molecule has 0 aromatic heterocycles.